The lowest BCUT2D eigenvalue weighted by Crippen LogP contribution is -2.13. The van der Waals surface area contributed by atoms with Crippen LogP contribution in [0.25, 0.3) is 0 Å². The van der Waals surface area contributed by atoms with Crippen molar-refractivity contribution in [2.75, 3.05) is 12.4 Å². The topological polar surface area (TPSA) is 67.0 Å². The van der Waals surface area contributed by atoms with Gasteiger partial charge in [0.15, 0.2) is 11.6 Å². The summed E-state index contributed by atoms with van der Waals surface area (Å²) in [6.45, 7) is 3.74. The average Bonchev–Trinajstić information content (AvgIpc) is 2.70. The van der Waals surface area contributed by atoms with Gasteiger partial charge in [0, 0.05) is 16.8 Å². The van der Waals surface area contributed by atoms with Crippen LogP contribution in [-0.4, -0.2) is 23.2 Å². The number of carbonyl (C=O) groups excluding carboxylic acids is 1. The summed E-state index contributed by atoms with van der Waals surface area (Å²) in [5.74, 6) is 0.485. The van der Waals surface area contributed by atoms with Crippen LogP contribution in [0.4, 0.5) is 5.82 Å². The lowest BCUT2D eigenvalue weighted by Gasteiger charge is -2.08. The summed E-state index contributed by atoms with van der Waals surface area (Å²) in [6.07, 6.45) is 0. The summed E-state index contributed by atoms with van der Waals surface area (Å²) in [7, 11) is 1.46. The first-order valence-corrected chi connectivity index (χ1v) is 6.55. The minimum absolute atomic E-state index is 0.278. The Morgan fingerprint density at radius 2 is 1.90 bits per heavy atom. The van der Waals surface area contributed by atoms with E-state index in [9.17, 15) is 4.79 Å². The van der Waals surface area contributed by atoms with Crippen molar-refractivity contribution < 1.29 is 9.53 Å². The number of aromatic nitrogens is 2. The summed E-state index contributed by atoms with van der Waals surface area (Å²) in [6, 6.07) is 2.99. The summed E-state index contributed by atoms with van der Waals surface area (Å²) in [5.41, 5.74) is 2.11. The van der Waals surface area contributed by atoms with Crippen molar-refractivity contribution in [3.63, 3.8) is 0 Å². The van der Waals surface area contributed by atoms with Gasteiger partial charge in [-0.25, -0.2) is 0 Å². The Morgan fingerprint density at radius 3 is 2.35 bits per heavy atom. The molecule has 0 saturated heterocycles. The van der Waals surface area contributed by atoms with Crippen molar-refractivity contribution in [2.45, 2.75) is 13.8 Å². The molecule has 0 saturated carbocycles. The van der Waals surface area contributed by atoms with E-state index in [4.69, 9.17) is 27.9 Å². The van der Waals surface area contributed by atoms with Gasteiger partial charge in [-0.15, -0.1) is 0 Å². The number of amides is 1. The number of hydrogen-bond donors (Lipinski definition) is 2. The summed E-state index contributed by atoms with van der Waals surface area (Å²) in [4.78, 5) is 12.2. The van der Waals surface area contributed by atoms with Crippen molar-refractivity contribution >= 4 is 34.9 Å². The van der Waals surface area contributed by atoms with Gasteiger partial charge in [0.1, 0.15) is 0 Å². The van der Waals surface area contributed by atoms with Crippen molar-refractivity contribution in [2.24, 2.45) is 0 Å². The van der Waals surface area contributed by atoms with Crippen LogP contribution in [0.2, 0.25) is 10.0 Å². The molecule has 1 heterocycles. The molecule has 0 aliphatic rings. The number of nitrogens with one attached hydrogen (secondary N) is 2. The van der Waals surface area contributed by atoms with E-state index in [1.807, 2.05) is 13.8 Å². The molecular weight excluding hydrogens is 301 g/mol. The van der Waals surface area contributed by atoms with Crippen LogP contribution in [-0.2, 0) is 0 Å². The third-order valence-electron chi connectivity index (χ3n) is 2.95. The number of ether oxygens (including phenoxy) is 1. The average molecular weight is 314 g/mol. The monoisotopic (exact) mass is 313 g/mol. The van der Waals surface area contributed by atoms with Crippen LogP contribution in [0.3, 0.4) is 0 Å². The number of anilines is 1. The molecule has 1 aromatic carbocycles. The van der Waals surface area contributed by atoms with E-state index in [0.717, 1.165) is 11.3 Å². The molecule has 0 spiro atoms. The van der Waals surface area contributed by atoms with E-state index in [-0.39, 0.29) is 16.0 Å². The molecule has 2 rings (SSSR count). The molecule has 2 N–H and O–H groups in total. The number of rotatable bonds is 3. The molecule has 106 valence electrons. The van der Waals surface area contributed by atoms with Gasteiger partial charge in [0.05, 0.1) is 17.2 Å². The molecule has 20 heavy (non-hydrogen) atoms. The number of aromatic amines is 1. The largest absolute Gasteiger partial charge is 0.494 e. The number of H-pyrrole nitrogens is 1. The van der Waals surface area contributed by atoms with Gasteiger partial charge in [-0.05, 0) is 26.0 Å². The molecule has 0 unspecified atom stereocenters. The van der Waals surface area contributed by atoms with E-state index in [2.05, 4.69) is 15.5 Å². The van der Waals surface area contributed by atoms with Crippen molar-refractivity contribution in [1.82, 2.24) is 10.2 Å². The zero-order valence-electron chi connectivity index (χ0n) is 11.2. The Balaban J connectivity index is 2.28. The zero-order valence-corrected chi connectivity index (χ0v) is 12.7. The molecule has 0 bridgehead atoms. The van der Waals surface area contributed by atoms with Gasteiger partial charge >= 0.3 is 0 Å². The van der Waals surface area contributed by atoms with Crippen molar-refractivity contribution in [1.29, 1.82) is 0 Å². The van der Waals surface area contributed by atoms with E-state index in [1.165, 1.54) is 19.2 Å². The Kier molecular flexibility index (Phi) is 4.20. The van der Waals surface area contributed by atoms with Crippen LogP contribution in [0.5, 0.6) is 5.75 Å². The van der Waals surface area contributed by atoms with Gasteiger partial charge in [0.25, 0.3) is 5.91 Å². The highest BCUT2D eigenvalue weighted by molar-refractivity contribution is 6.37. The molecule has 0 aliphatic heterocycles. The number of nitrogens with zero attached hydrogens (tertiary/aromatic N) is 1. The van der Waals surface area contributed by atoms with E-state index < -0.39 is 0 Å². The molecule has 0 radical (unpaired) electrons. The van der Waals surface area contributed by atoms with Gasteiger partial charge in [-0.2, -0.15) is 5.10 Å². The predicted molar refractivity (Wildman–Crippen MR) is 79.0 cm³/mol. The predicted octanol–water partition coefficient (Wildman–Crippen LogP) is 3.59. The minimum Gasteiger partial charge on any atom is -0.494 e. The number of aryl methyl sites for hydroxylation is 1. The molecular formula is C13H13Cl2N3O2. The smallest absolute Gasteiger partial charge is 0.256 e. The molecule has 5 nitrogen and oxygen atoms in total. The molecule has 1 aromatic heterocycles. The minimum atomic E-state index is -0.342. The number of hydrogen-bond acceptors (Lipinski definition) is 3. The molecule has 1 amide bonds. The zero-order chi connectivity index (χ0) is 14.9. The Bertz CT molecular complexity index is 645. The fraction of sp³-hybridized carbons (Fsp3) is 0.231. The first-order valence-electron chi connectivity index (χ1n) is 5.80. The van der Waals surface area contributed by atoms with E-state index in [0.29, 0.717) is 17.1 Å². The van der Waals surface area contributed by atoms with Gasteiger partial charge in [-0.3, -0.25) is 9.89 Å². The van der Waals surface area contributed by atoms with Crippen LogP contribution in [0.1, 0.15) is 21.6 Å². The fourth-order valence-electron chi connectivity index (χ4n) is 1.67. The summed E-state index contributed by atoms with van der Waals surface area (Å²) >= 11 is 12.0. The highest BCUT2D eigenvalue weighted by Gasteiger charge is 2.15. The lowest BCUT2D eigenvalue weighted by molar-refractivity contribution is 0.102. The fourth-order valence-corrected chi connectivity index (χ4v) is 2.31. The second-order valence-electron chi connectivity index (χ2n) is 4.25. The lowest BCUT2D eigenvalue weighted by atomic mass is 10.2. The van der Waals surface area contributed by atoms with Crippen LogP contribution in [0, 0.1) is 13.8 Å². The normalized spacial score (nSPS) is 10.4. The van der Waals surface area contributed by atoms with Crippen molar-refractivity contribution in [3.8, 4) is 5.75 Å². The number of halogens is 2. The highest BCUT2D eigenvalue weighted by atomic mass is 35.5. The standard InChI is InChI=1S/C13H13Cl2N3O2/c1-6-7(2)17-18-12(6)16-13(19)8-4-9(14)11(20-3)10(15)5-8/h4-5H,1-3H3,(H2,16,17,18,19). The maximum atomic E-state index is 12.2. The summed E-state index contributed by atoms with van der Waals surface area (Å²) in [5, 5.41) is 10.1. The van der Waals surface area contributed by atoms with Gasteiger partial charge in [-0.1, -0.05) is 23.2 Å². The second kappa shape index (κ2) is 5.73. The van der Waals surface area contributed by atoms with Crippen LogP contribution in [0.15, 0.2) is 12.1 Å². The van der Waals surface area contributed by atoms with E-state index >= 15 is 0 Å². The first-order chi connectivity index (χ1) is 9.43. The second-order valence-corrected chi connectivity index (χ2v) is 5.06. The molecule has 0 aliphatic carbocycles. The highest BCUT2D eigenvalue weighted by Crippen LogP contribution is 2.34. The SMILES string of the molecule is COc1c(Cl)cc(C(=O)Nc2n[nH]c(C)c2C)cc1Cl. The number of methoxy groups -OCH3 is 1. The number of benzene rings is 1. The molecule has 7 heteroatoms. The maximum Gasteiger partial charge on any atom is 0.256 e. The maximum absolute atomic E-state index is 12.2. The molecule has 0 atom stereocenters. The Hall–Kier alpha value is -1.72. The van der Waals surface area contributed by atoms with Gasteiger partial charge in [0.2, 0.25) is 0 Å². The summed E-state index contributed by atoms with van der Waals surface area (Å²) < 4.78 is 5.04. The molecule has 0 fully saturated rings. The third kappa shape index (κ3) is 2.73. The number of carbonyl (C=O) groups is 1. The molecule has 2 aromatic rings. The van der Waals surface area contributed by atoms with E-state index in [1.54, 1.807) is 0 Å². The van der Waals surface area contributed by atoms with Gasteiger partial charge < -0.3 is 10.1 Å². The first kappa shape index (κ1) is 14.7. The quantitative estimate of drug-likeness (QED) is 0.909. The Labute approximate surface area is 126 Å². The van der Waals surface area contributed by atoms with Crippen molar-refractivity contribution in [3.05, 3.63) is 39.0 Å². The van der Waals surface area contributed by atoms with Crippen LogP contribution < -0.4 is 10.1 Å². The Morgan fingerprint density at radius 1 is 1.30 bits per heavy atom. The van der Waals surface area contributed by atoms with Crippen LogP contribution >= 0.6 is 23.2 Å². The third-order valence-corrected chi connectivity index (χ3v) is 3.51.